The maximum atomic E-state index is 13.7. The van der Waals surface area contributed by atoms with Crippen LogP contribution in [0.25, 0.3) is 10.9 Å². The van der Waals surface area contributed by atoms with Crippen LogP contribution in [0.2, 0.25) is 0 Å². The number of aromatic nitrogens is 1. The molecule has 0 fully saturated rings. The Hall–Kier alpha value is -3.34. The highest BCUT2D eigenvalue weighted by Crippen LogP contribution is 2.19. The molecule has 0 radical (unpaired) electrons. The van der Waals surface area contributed by atoms with Gasteiger partial charge in [0.2, 0.25) is 11.8 Å². The molecule has 0 saturated carbocycles. The molecule has 0 aliphatic carbocycles. The van der Waals surface area contributed by atoms with Gasteiger partial charge >= 0.3 is 0 Å². The number of nitrogens with two attached hydrogens (primary N) is 2. The van der Waals surface area contributed by atoms with Crippen molar-refractivity contribution >= 4 is 22.7 Å². The van der Waals surface area contributed by atoms with Crippen molar-refractivity contribution in [1.82, 2.24) is 15.6 Å². The normalized spacial score (nSPS) is 13.9. The number of nitrogens with one attached hydrogen (secondary N) is 3. The van der Waals surface area contributed by atoms with Crippen LogP contribution in [0, 0.1) is 11.6 Å². The van der Waals surface area contributed by atoms with Gasteiger partial charge in [-0.05, 0) is 54.7 Å². The van der Waals surface area contributed by atoms with Gasteiger partial charge in [0.05, 0.1) is 0 Å². The summed E-state index contributed by atoms with van der Waals surface area (Å²) in [6, 6.07) is 9.37. The first kappa shape index (κ1) is 26.3. The number of H-pyrrole nitrogens is 1. The third-order valence-electron chi connectivity index (χ3n) is 5.72. The van der Waals surface area contributed by atoms with Crippen LogP contribution in [0.1, 0.15) is 24.0 Å². The number of aliphatic hydroxyl groups excluding tert-OH is 1. The van der Waals surface area contributed by atoms with Gasteiger partial charge in [-0.15, -0.1) is 0 Å². The van der Waals surface area contributed by atoms with E-state index in [-0.39, 0.29) is 37.4 Å². The predicted molar refractivity (Wildman–Crippen MR) is 129 cm³/mol. The summed E-state index contributed by atoms with van der Waals surface area (Å²) >= 11 is 0. The summed E-state index contributed by atoms with van der Waals surface area (Å²) in [6.07, 6.45) is 1.18. The minimum absolute atomic E-state index is 0.0315. The molecule has 2 aromatic carbocycles. The lowest BCUT2D eigenvalue weighted by Crippen LogP contribution is -2.47. The molecule has 8 N–H and O–H groups in total. The van der Waals surface area contributed by atoms with Crippen LogP contribution in [-0.4, -0.2) is 53.2 Å². The average molecular weight is 488 g/mol. The minimum Gasteiger partial charge on any atom is -0.382 e. The van der Waals surface area contributed by atoms with Crippen LogP contribution in [-0.2, 0) is 22.4 Å². The quantitative estimate of drug-likeness (QED) is 0.213. The molecule has 8 nitrogen and oxygen atoms in total. The lowest BCUT2D eigenvalue weighted by atomic mass is 10.0. The molecule has 0 saturated heterocycles. The van der Waals surface area contributed by atoms with Gasteiger partial charge < -0.3 is 32.2 Å². The van der Waals surface area contributed by atoms with E-state index in [1.165, 1.54) is 0 Å². The predicted octanol–water partition coefficient (Wildman–Crippen LogP) is 1.26. The number of carbonyl (C=O) groups is 2. The number of fused-ring (bicyclic) bond motifs is 1. The van der Waals surface area contributed by atoms with Crippen molar-refractivity contribution in [2.24, 2.45) is 11.5 Å². The molecule has 3 unspecified atom stereocenters. The topological polar surface area (TPSA) is 146 Å². The van der Waals surface area contributed by atoms with Gasteiger partial charge in [-0.1, -0.05) is 18.2 Å². The number of aromatic amines is 1. The van der Waals surface area contributed by atoms with Gasteiger partial charge in [0.25, 0.3) is 0 Å². The van der Waals surface area contributed by atoms with E-state index in [2.05, 4.69) is 15.6 Å². The molecule has 3 atom stereocenters. The SMILES string of the molecule is NC(CC(=O)NCCCNC(=O)C(O)C(N)Cc1c[nH]c2ccccc12)Cc1cc(F)ccc1F. The molecular weight excluding hydrogens is 456 g/mol. The smallest absolute Gasteiger partial charge is 0.250 e. The van der Waals surface area contributed by atoms with E-state index in [9.17, 15) is 23.5 Å². The molecular formula is C25H31F2N5O3. The summed E-state index contributed by atoms with van der Waals surface area (Å²) < 4.78 is 26.9. The van der Waals surface area contributed by atoms with Gasteiger partial charge in [0, 0.05) is 48.7 Å². The lowest BCUT2D eigenvalue weighted by Gasteiger charge is -2.18. The average Bonchev–Trinajstić information content (AvgIpc) is 3.23. The Balaban J connectivity index is 1.32. The summed E-state index contributed by atoms with van der Waals surface area (Å²) in [5, 5.41) is 16.5. The van der Waals surface area contributed by atoms with Crippen molar-refractivity contribution in [2.75, 3.05) is 13.1 Å². The van der Waals surface area contributed by atoms with E-state index in [1.807, 2.05) is 30.5 Å². The van der Waals surface area contributed by atoms with Gasteiger partial charge in [0.1, 0.15) is 17.7 Å². The lowest BCUT2D eigenvalue weighted by molar-refractivity contribution is -0.130. The molecule has 1 heterocycles. The van der Waals surface area contributed by atoms with Gasteiger partial charge in [-0.3, -0.25) is 9.59 Å². The van der Waals surface area contributed by atoms with E-state index in [1.54, 1.807) is 0 Å². The molecule has 10 heteroatoms. The van der Waals surface area contributed by atoms with E-state index in [0.29, 0.717) is 12.8 Å². The Kier molecular flexibility index (Phi) is 9.30. The Morgan fingerprint density at radius 1 is 1.00 bits per heavy atom. The number of aliphatic hydroxyl groups is 1. The number of benzene rings is 2. The summed E-state index contributed by atoms with van der Waals surface area (Å²) in [6.45, 7) is 0.508. The van der Waals surface area contributed by atoms with Crippen LogP contribution >= 0.6 is 0 Å². The van der Waals surface area contributed by atoms with Crippen molar-refractivity contribution in [2.45, 2.75) is 43.9 Å². The van der Waals surface area contributed by atoms with Gasteiger partial charge in [-0.2, -0.15) is 0 Å². The highest BCUT2D eigenvalue weighted by Gasteiger charge is 2.23. The highest BCUT2D eigenvalue weighted by molar-refractivity contribution is 5.84. The minimum atomic E-state index is -1.38. The van der Waals surface area contributed by atoms with Crippen LogP contribution in [0.4, 0.5) is 8.78 Å². The molecule has 0 bridgehead atoms. The zero-order chi connectivity index (χ0) is 25.4. The number of hydrogen-bond donors (Lipinski definition) is 6. The van der Waals surface area contributed by atoms with Gasteiger partial charge in [-0.25, -0.2) is 8.78 Å². The fraction of sp³-hybridized carbons (Fsp3) is 0.360. The maximum absolute atomic E-state index is 13.7. The Morgan fingerprint density at radius 3 is 2.54 bits per heavy atom. The Bertz CT molecular complexity index is 1150. The number of halogens is 2. The molecule has 3 rings (SSSR count). The van der Waals surface area contributed by atoms with Crippen LogP contribution < -0.4 is 22.1 Å². The largest absolute Gasteiger partial charge is 0.382 e. The van der Waals surface area contributed by atoms with Crippen LogP contribution in [0.15, 0.2) is 48.7 Å². The zero-order valence-corrected chi connectivity index (χ0v) is 19.3. The molecule has 2 amide bonds. The molecule has 0 aliphatic rings. The standard InChI is InChI=1S/C25H31F2N5O3/c26-17-6-7-20(27)15(10-17)11-18(28)13-23(33)30-8-3-9-31-25(35)24(34)21(29)12-16-14-32-22-5-2-1-4-19(16)22/h1-2,4-7,10,14,18,21,24,32,34H,3,8-9,11-13,28-29H2,(H,30,33)(H,31,35). The number of para-hydroxylation sites is 1. The van der Waals surface area contributed by atoms with Crippen molar-refractivity contribution in [1.29, 1.82) is 0 Å². The Labute approximate surface area is 202 Å². The van der Waals surface area contributed by atoms with Crippen molar-refractivity contribution in [3.05, 3.63) is 71.4 Å². The molecule has 35 heavy (non-hydrogen) atoms. The third-order valence-corrected chi connectivity index (χ3v) is 5.72. The molecule has 1 aromatic heterocycles. The van der Waals surface area contributed by atoms with E-state index < -0.39 is 35.7 Å². The number of hydrogen-bond acceptors (Lipinski definition) is 5. The monoisotopic (exact) mass is 487 g/mol. The van der Waals surface area contributed by atoms with Crippen molar-refractivity contribution in [3.63, 3.8) is 0 Å². The second-order valence-electron chi connectivity index (χ2n) is 8.57. The summed E-state index contributed by atoms with van der Waals surface area (Å²) in [5.41, 5.74) is 13.9. The van der Waals surface area contributed by atoms with E-state index in [4.69, 9.17) is 11.5 Å². The zero-order valence-electron chi connectivity index (χ0n) is 19.3. The van der Waals surface area contributed by atoms with Crippen LogP contribution in [0.5, 0.6) is 0 Å². The van der Waals surface area contributed by atoms with Crippen molar-refractivity contribution < 1.29 is 23.5 Å². The fourth-order valence-corrected chi connectivity index (χ4v) is 3.86. The molecule has 0 aliphatic heterocycles. The second kappa shape index (κ2) is 12.4. The summed E-state index contributed by atoms with van der Waals surface area (Å²) in [7, 11) is 0. The van der Waals surface area contributed by atoms with Crippen molar-refractivity contribution in [3.8, 4) is 0 Å². The van der Waals surface area contributed by atoms with Crippen LogP contribution in [0.3, 0.4) is 0 Å². The maximum Gasteiger partial charge on any atom is 0.250 e. The number of amides is 2. The first-order chi connectivity index (χ1) is 16.7. The molecule has 0 spiro atoms. The first-order valence-electron chi connectivity index (χ1n) is 11.5. The highest BCUT2D eigenvalue weighted by atomic mass is 19.1. The Morgan fingerprint density at radius 2 is 1.74 bits per heavy atom. The molecule has 188 valence electrons. The fourth-order valence-electron chi connectivity index (χ4n) is 3.86. The first-order valence-corrected chi connectivity index (χ1v) is 11.5. The van der Waals surface area contributed by atoms with E-state index in [0.717, 1.165) is 34.7 Å². The summed E-state index contributed by atoms with van der Waals surface area (Å²) in [4.78, 5) is 27.4. The number of carbonyl (C=O) groups excluding carboxylic acids is 2. The number of rotatable bonds is 12. The second-order valence-corrected chi connectivity index (χ2v) is 8.57. The van der Waals surface area contributed by atoms with Gasteiger partial charge in [0.15, 0.2) is 0 Å². The third kappa shape index (κ3) is 7.57. The summed E-state index contributed by atoms with van der Waals surface area (Å²) in [5.74, 6) is -2.05. The van der Waals surface area contributed by atoms with E-state index >= 15 is 0 Å². The molecule has 3 aromatic rings.